The molecule has 3 aromatic heterocycles. The largest absolute Gasteiger partial charge is 0.813 e. The summed E-state index contributed by atoms with van der Waals surface area (Å²) in [6.07, 6.45) is 11.0. The predicted octanol–water partition coefficient (Wildman–Crippen LogP) is 9.22. The SMILES string of the molecule is C.C.CS.CSSc1ccccn1.CS[S-].I.[B].[CH3-].[CH3-].[SH-].[Y].[Y].c1ccc(SSc2ccccn2)nc1. The molecule has 0 saturated carbocycles. The van der Waals surface area contributed by atoms with E-state index in [0.717, 1.165) is 15.1 Å². The Morgan fingerprint density at radius 1 is 0.649 bits per heavy atom. The standard InChI is InChI=1S/C10H8N2S2.C6H7NS2.CH4S2.CH4S.2CH4.2CH3.B.HI.H2S.2Y/c1-3-7-11-9(5-1)13-14-10-6-2-4-8-12-10;1-8-9-6-4-2-3-5-7-6;1-3-2;1-2;;;;;;;;;/h1-8H;2-5H,1H3;2H,1H3;2H,1H3;2*1H4;2*1H3;;1H;1H2;;/q;;;;;;2*-1;;;;;/p-2. The first-order valence-electron chi connectivity index (χ1n) is 7.69. The van der Waals surface area contributed by atoms with E-state index < -0.39 is 0 Å². The van der Waals surface area contributed by atoms with E-state index in [9.17, 15) is 0 Å². The summed E-state index contributed by atoms with van der Waals surface area (Å²) in [4.78, 5) is 12.5. The van der Waals surface area contributed by atoms with Gasteiger partial charge in [0.15, 0.2) is 0 Å². The molecule has 0 spiro atoms. The Labute approximate surface area is 335 Å². The first kappa shape index (κ1) is 67.8. The van der Waals surface area contributed by atoms with Gasteiger partial charge in [-0.25, -0.2) is 15.0 Å². The Kier molecular flexibility index (Phi) is 101. The number of nitrogens with zero attached hydrogens (tertiary/aromatic N) is 3. The summed E-state index contributed by atoms with van der Waals surface area (Å²) in [7, 11) is 7.96. The third kappa shape index (κ3) is 43.8. The van der Waals surface area contributed by atoms with Crippen LogP contribution in [-0.4, -0.2) is 42.1 Å². The molecular formula is C22H38BIN3S8Y2-4. The van der Waals surface area contributed by atoms with Crippen molar-refractivity contribution in [3.63, 3.8) is 0 Å². The van der Waals surface area contributed by atoms with Crippen LogP contribution in [-0.2, 0) is 90.6 Å². The summed E-state index contributed by atoms with van der Waals surface area (Å²) in [5.74, 6) is 0. The molecule has 0 aromatic carbocycles. The summed E-state index contributed by atoms with van der Waals surface area (Å²) >= 11 is 7.84. The summed E-state index contributed by atoms with van der Waals surface area (Å²) in [5.41, 5.74) is 0. The molecule has 0 N–H and O–H groups in total. The minimum atomic E-state index is 0. The van der Waals surface area contributed by atoms with E-state index in [0.29, 0.717) is 0 Å². The van der Waals surface area contributed by atoms with Gasteiger partial charge in [-0.3, -0.25) is 0 Å². The second-order valence-electron chi connectivity index (χ2n) is 4.09. The van der Waals surface area contributed by atoms with Crippen molar-refractivity contribution in [1.82, 2.24) is 15.0 Å². The van der Waals surface area contributed by atoms with Gasteiger partial charge in [-0.05, 0) is 87.5 Å². The smallest absolute Gasteiger partial charge is 0.107 e. The van der Waals surface area contributed by atoms with Gasteiger partial charge < -0.3 is 50.8 Å². The number of aromatic nitrogens is 3. The molecule has 37 heavy (non-hydrogen) atoms. The maximum atomic E-state index is 4.31. The van der Waals surface area contributed by atoms with Crippen LogP contribution in [0.25, 0.3) is 0 Å². The van der Waals surface area contributed by atoms with Crippen LogP contribution in [0, 0.1) is 14.9 Å². The number of hydrogen-bond acceptors (Lipinski definition) is 11. The second kappa shape index (κ2) is 55.2. The van der Waals surface area contributed by atoms with Crippen molar-refractivity contribution in [3.05, 3.63) is 88.0 Å². The van der Waals surface area contributed by atoms with Crippen LogP contribution in [0.2, 0.25) is 0 Å². The van der Waals surface area contributed by atoms with E-state index in [1.807, 2.05) is 67.1 Å². The molecule has 0 fully saturated rings. The molecule has 0 saturated heterocycles. The van der Waals surface area contributed by atoms with E-state index in [2.05, 4.69) is 39.2 Å². The van der Waals surface area contributed by atoms with E-state index in [1.54, 1.807) is 68.0 Å². The van der Waals surface area contributed by atoms with Crippen molar-refractivity contribution in [3.8, 4) is 0 Å². The molecule has 0 aliphatic heterocycles. The molecule has 0 bridgehead atoms. The Bertz CT molecular complexity index is 666. The first-order valence-corrected chi connectivity index (χ1v) is 15.4. The topological polar surface area (TPSA) is 38.7 Å². The monoisotopic (exact) mass is 916 g/mol. The van der Waals surface area contributed by atoms with Gasteiger partial charge in [0.05, 0.1) is 0 Å². The van der Waals surface area contributed by atoms with Crippen LogP contribution in [0.3, 0.4) is 0 Å². The molecule has 0 aliphatic carbocycles. The van der Waals surface area contributed by atoms with Crippen molar-refractivity contribution >= 4 is 124 Å². The number of halogens is 1. The summed E-state index contributed by atoms with van der Waals surface area (Å²) in [6, 6.07) is 17.7. The zero-order valence-electron chi connectivity index (χ0n) is 20.3. The molecule has 3 heterocycles. The fourth-order valence-corrected chi connectivity index (χ4v) is 4.33. The summed E-state index contributed by atoms with van der Waals surface area (Å²) < 4.78 is 0. The first-order chi connectivity index (χ1) is 13.8. The molecule has 0 amide bonds. The normalized spacial score (nSPS) is 6.73. The molecule has 15 heteroatoms. The van der Waals surface area contributed by atoms with Crippen LogP contribution in [0.5, 0.6) is 0 Å². The molecule has 5 radical (unpaired) electrons. The minimum absolute atomic E-state index is 0. The van der Waals surface area contributed by atoms with Gasteiger partial charge in [0.1, 0.15) is 15.1 Å². The minimum Gasteiger partial charge on any atom is -0.813 e. The Morgan fingerprint density at radius 2 is 0.892 bits per heavy atom. The molecule has 3 nitrogen and oxygen atoms in total. The van der Waals surface area contributed by atoms with Gasteiger partial charge in [-0.15, -0.1) is 24.0 Å². The van der Waals surface area contributed by atoms with Crippen LogP contribution >= 0.6 is 90.6 Å². The van der Waals surface area contributed by atoms with Crippen molar-refractivity contribution in [1.29, 1.82) is 0 Å². The van der Waals surface area contributed by atoms with Gasteiger partial charge in [0.25, 0.3) is 0 Å². The number of hydrogen-bond donors (Lipinski definition) is 1. The fourth-order valence-electron chi connectivity index (χ4n) is 1.36. The van der Waals surface area contributed by atoms with Gasteiger partial charge in [0, 0.05) is 92.4 Å². The third-order valence-electron chi connectivity index (χ3n) is 2.29. The quantitative estimate of drug-likeness (QED) is 0.0670. The average molecular weight is 917 g/mol. The third-order valence-corrected chi connectivity index (χ3v) is 6.07. The fraction of sp³-hybridized carbons (Fsp3) is 0.227. The molecular weight excluding hydrogens is 878 g/mol. The van der Waals surface area contributed by atoms with Crippen molar-refractivity contribution in [2.24, 2.45) is 0 Å². The Hall–Kier alpha value is 3.25. The van der Waals surface area contributed by atoms with Gasteiger partial charge in [0.2, 0.25) is 0 Å². The van der Waals surface area contributed by atoms with Crippen LogP contribution in [0.4, 0.5) is 0 Å². The Balaban J connectivity index is -0.0000000358. The van der Waals surface area contributed by atoms with Gasteiger partial charge in [-0.2, -0.15) is 12.6 Å². The molecule has 3 aromatic rings. The summed E-state index contributed by atoms with van der Waals surface area (Å²) in [6.45, 7) is 0. The zero-order chi connectivity index (χ0) is 20.9. The van der Waals surface area contributed by atoms with Crippen molar-refractivity contribution in [2.75, 3.05) is 18.8 Å². The number of rotatable bonds is 5. The molecule has 0 aliphatic rings. The zero-order valence-corrected chi connectivity index (χ0v) is 34.9. The van der Waals surface area contributed by atoms with E-state index in [1.165, 1.54) is 10.8 Å². The molecule has 0 atom stereocenters. The maximum absolute atomic E-state index is 4.31. The van der Waals surface area contributed by atoms with Crippen molar-refractivity contribution in [2.45, 2.75) is 29.9 Å². The predicted molar refractivity (Wildman–Crippen MR) is 196 cm³/mol. The van der Waals surface area contributed by atoms with Crippen LogP contribution in [0.1, 0.15) is 14.9 Å². The van der Waals surface area contributed by atoms with Gasteiger partial charge >= 0.3 is 0 Å². The number of pyridine rings is 3. The molecule has 0 unspecified atom stereocenters. The Morgan fingerprint density at radius 3 is 1.08 bits per heavy atom. The second-order valence-corrected chi connectivity index (χ2v) is 10.0. The summed E-state index contributed by atoms with van der Waals surface area (Å²) in [5, 5.41) is 3.08. The molecule has 3 rings (SSSR count). The van der Waals surface area contributed by atoms with E-state index in [4.69, 9.17) is 0 Å². The van der Waals surface area contributed by atoms with Crippen LogP contribution < -0.4 is 0 Å². The molecule has 209 valence electrons. The van der Waals surface area contributed by atoms with E-state index >= 15 is 0 Å². The van der Waals surface area contributed by atoms with Crippen LogP contribution in [0.15, 0.2) is 88.3 Å². The number of thiol groups is 2. The average Bonchev–Trinajstić information content (AvgIpc) is 2.77. The van der Waals surface area contributed by atoms with E-state index in [-0.39, 0.29) is 141 Å². The van der Waals surface area contributed by atoms with Gasteiger partial charge in [-0.1, -0.05) is 43.8 Å². The van der Waals surface area contributed by atoms with Crippen molar-refractivity contribution < 1.29 is 65.4 Å². The maximum Gasteiger partial charge on any atom is 0.107 e.